The molecule has 1 rings (SSSR count). The third kappa shape index (κ3) is 6.01. The van der Waals surface area contributed by atoms with Crippen LogP contribution in [0.25, 0.3) is 0 Å². The zero-order valence-electron chi connectivity index (χ0n) is 12.7. The fraction of sp³-hybridized carbons (Fsp3) is 0.467. The lowest BCUT2D eigenvalue weighted by molar-refractivity contribution is -0.139. The van der Waals surface area contributed by atoms with E-state index in [1.807, 2.05) is 0 Å². The number of hydrogen-bond donors (Lipinski definition) is 1. The van der Waals surface area contributed by atoms with Crippen molar-refractivity contribution in [3.05, 3.63) is 23.8 Å². The van der Waals surface area contributed by atoms with Crippen molar-refractivity contribution >= 4 is 11.9 Å². The number of unbranched alkanes of at least 4 members (excludes halogenated alkanes) is 1. The quantitative estimate of drug-likeness (QED) is 0.519. The first-order chi connectivity index (χ1) is 10.6. The molecule has 0 spiro atoms. The average molecular weight is 312 g/mol. The van der Waals surface area contributed by atoms with Gasteiger partial charge in [0, 0.05) is 19.8 Å². The molecule has 7 nitrogen and oxygen atoms in total. The molecule has 0 aliphatic rings. The summed E-state index contributed by atoms with van der Waals surface area (Å²) in [7, 11) is 2.90. The molecule has 1 aromatic rings. The van der Waals surface area contributed by atoms with Crippen LogP contribution in [-0.4, -0.2) is 51.1 Å². The van der Waals surface area contributed by atoms with Crippen LogP contribution in [0.2, 0.25) is 0 Å². The normalized spacial score (nSPS) is 10.1. The smallest absolute Gasteiger partial charge is 0.341 e. The van der Waals surface area contributed by atoms with E-state index in [1.54, 1.807) is 7.11 Å². The number of ether oxygens (including phenoxy) is 4. The van der Waals surface area contributed by atoms with Crippen molar-refractivity contribution in [2.24, 2.45) is 0 Å². The Morgan fingerprint density at radius 1 is 1.09 bits per heavy atom. The van der Waals surface area contributed by atoms with Gasteiger partial charge in [-0.25, -0.2) is 9.59 Å². The number of carboxylic acids is 1. The van der Waals surface area contributed by atoms with E-state index < -0.39 is 18.5 Å². The topological polar surface area (TPSA) is 91.3 Å². The van der Waals surface area contributed by atoms with Gasteiger partial charge < -0.3 is 24.1 Å². The first kappa shape index (κ1) is 17.8. The predicted molar refractivity (Wildman–Crippen MR) is 77.5 cm³/mol. The van der Waals surface area contributed by atoms with Crippen LogP contribution in [0.15, 0.2) is 18.2 Å². The lowest BCUT2D eigenvalue weighted by Crippen LogP contribution is -2.11. The van der Waals surface area contributed by atoms with E-state index in [0.717, 1.165) is 12.8 Å². The molecule has 1 aromatic carbocycles. The number of esters is 1. The summed E-state index contributed by atoms with van der Waals surface area (Å²) in [5.41, 5.74) is 0.261. The molecule has 0 radical (unpaired) electrons. The maximum Gasteiger partial charge on any atom is 0.341 e. The molecule has 0 bridgehead atoms. The van der Waals surface area contributed by atoms with Gasteiger partial charge in [0.05, 0.1) is 13.7 Å². The van der Waals surface area contributed by atoms with E-state index in [1.165, 1.54) is 25.3 Å². The second-order valence-electron chi connectivity index (χ2n) is 4.38. The van der Waals surface area contributed by atoms with Crippen molar-refractivity contribution in [3.63, 3.8) is 0 Å². The molecule has 0 saturated carbocycles. The SMILES string of the molecule is COCCCCOc1cc(OCC(=O)O)ccc1C(=O)OC. The van der Waals surface area contributed by atoms with E-state index in [0.29, 0.717) is 24.7 Å². The van der Waals surface area contributed by atoms with Gasteiger partial charge in [0.2, 0.25) is 0 Å². The van der Waals surface area contributed by atoms with Crippen LogP contribution in [0.3, 0.4) is 0 Å². The largest absolute Gasteiger partial charge is 0.493 e. The van der Waals surface area contributed by atoms with Gasteiger partial charge in [-0.1, -0.05) is 0 Å². The minimum atomic E-state index is -1.08. The Morgan fingerprint density at radius 2 is 1.82 bits per heavy atom. The Balaban J connectivity index is 2.75. The highest BCUT2D eigenvalue weighted by Crippen LogP contribution is 2.26. The number of carbonyl (C=O) groups is 2. The first-order valence-corrected chi connectivity index (χ1v) is 6.77. The summed E-state index contributed by atoms with van der Waals surface area (Å²) < 4.78 is 20.3. The lowest BCUT2D eigenvalue weighted by Gasteiger charge is -2.12. The van der Waals surface area contributed by atoms with Crippen LogP contribution in [0, 0.1) is 0 Å². The van der Waals surface area contributed by atoms with E-state index in [-0.39, 0.29) is 5.56 Å². The summed E-state index contributed by atoms with van der Waals surface area (Å²) in [5, 5.41) is 8.61. The Hall–Kier alpha value is -2.28. The van der Waals surface area contributed by atoms with Crippen molar-refractivity contribution in [1.82, 2.24) is 0 Å². The molecule has 0 aliphatic heterocycles. The third-order valence-electron chi connectivity index (χ3n) is 2.72. The maximum atomic E-state index is 11.7. The fourth-order valence-corrected chi connectivity index (χ4v) is 1.67. The molecule has 0 atom stereocenters. The number of carboxylic acid groups (broad SMARTS) is 1. The van der Waals surface area contributed by atoms with Gasteiger partial charge in [0.25, 0.3) is 0 Å². The molecule has 7 heteroatoms. The molecular formula is C15H20O7. The minimum Gasteiger partial charge on any atom is -0.493 e. The highest BCUT2D eigenvalue weighted by Gasteiger charge is 2.14. The standard InChI is InChI=1S/C15H20O7/c1-19-7-3-4-8-21-13-9-11(22-10-14(16)17)5-6-12(13)15(18)20-2/h5-6,9H,3-4,7-8,10H2,1-2H3,(H,16,17). The van der Waals surface area contributed by atoms with Crippen LogP contribution >= 0.6 is 0 Å². The third-order valence-corrected chi connectivity index (χ3v) is 2.72. The molecule has 122 valence electrons. The van der Waals surface area contributed by atoms with Crippen LogP contribution in [0.4, 0.5) is 0 Å². The number of rotatable bonds is 10. The molecular weight excluding hydrogens is 292 g/mol. The van der Waals surface area contributed by atoms with Crippen LogP contribution in [0.5, 0.6) is 11.5 Å². The van der Waals surface area contributed by atoms with Crippen molar-refractivity contribution in [2.45, 2.75) is 12.8 Å². The highest BCUT2D eigenvalue weighted by molar-refractivity contribution is 5.92. The first-order valence-electron chi connectivity index (χ1n) is 6.77. The molecule has 22 heavy (non-hydrogen) atoms. The monoisotopic (exact) mass is 312 g/mol. The average Bonchev–Trinajstić information content (AvgIpc) is 2.52. The van der Waals surface area contributed by atoms with E-state index >= 15 is 0 Å². The molecule has 0 unspecified atom stereocenters. The van der Waals surface area contributed by atoms with Crippen molar-refractivity contribution < 1.29 is 33.6 Å². The van der Waals surface area contributed by atoms with Gasteiger partial charge in [-0.15, -0.1) is 0 Å². The maximum absolute atomic E-state index is 11.7. The number of carbonyl (C=O) groups excluding carboxylic acids is 1. The fourth-order valence-electron chi connectivity index (χ4n) is 1.67. The Morgan fingerprint density at radius 3 is 2.45 bits per heavy atom. The van der Waals surface area contributed by atoms with Crippen molar-refractivity contribution in [1.29, 1.82) is 0 Å². The molecule has 0 heterocycles. The summed E-state index contributed by atoms with van der Waals surface area (Å²) in [6, 6.07) is 4.45. The second-order valence-corrected chi connectivity index (χ2v) is 4.38. The van der Waals surface area contributed by atoms with Gasteiger partial charge in [-0.05, 0) is 25.0 Å². The summed E-state index contributed by atoms with van der Waals surface area (Å²) in [6.45, 7) is 0.565. The molecule has 0 amide bonds. The summed E-state index contributed by atoms with van der Waals surface area (Å²) >= 11 is 0. The molecule has 0 saturated heterocycles. The Kier molecular flexibility index (Phi) is 7.77. The minimum absolute atomic E-state index is 0.261. The van der Waals surface area contributed by atoms with Gasteiger partial charge in [-0.3, -0.25) is 0 Å². The van der Waals surface area contributed by atoms with Gasteiger partial charge >= 0.3 is 11.9 Å². The number of aliphatic carboxylic acids is 1. The van der Waals surface area contributed by atoms with Crippen LogP contribution in [-0.2, 0) is 14.3 Å². The Bertz CT molecular complexity index is 499. The van der Waals surface area contributed by atoms with Crippen molar-refractivity contribution in [3.8, 4) is 11.5 Å². The van der Waals surface area contributed by atoms with E-state index in [2.05, 4.69) is 4.74 Å². The molecule has 0 fully saturated rings. The zero-order valence-corrected chi connectivity index (χ0v) is 12.7. The van der Waals surface area contributed by atoms with Gasteiger partial charge in [0.15, 0.2) is 6.61 Å². The summed E-state index contributed by atoms with van der Waals surface area (Å²) in [6.07, 6.45) is 1.59. The molecule has 0 aliphatic carbocycles. The van der Waals surface area contributed by atoms with E-state index in [4.69, 9.17) is 19.3 Å². The number of methoxy groups -OCH3 is 2. The van der Waals surface area contributed by atoms with Gasteiger partial charge in [0.1, 0.15) is 17.1 Å². The van der Waals surface area contributed by atoms with Crippen LogP contribution < -0.4 is 9.47 Å². The number of benzene rings is 1. The predicted octanol–water partition coefficient (Wildman–Crippen LogP) is 1.74. The zero-order chi connectivity index (χ0) is 16.4. The molecule has 0 aromatic heterocycles. The highest BCUT2D eigenvalue weighted by atomic mass is 16.5. The van der Waals surface area contributed by atoms with Gasteiger partial charge in [-0.2, -0.15) is 0 Å². The van der Waals surface area contributed by atoms with E-state index in [9.17, 15) is 9.59 Å². The second kappa shape index (κ2) is 9.62. The Labute approximate surface area is 128 Å². The number of hydrogen-bond acceptors (Lipinski definition) is 6. The summed E-state index contributed by atoms with van der Waals surface area (Å²) in [4.78, 5) is 22.2. The van der Waals surface area contributed by atoms with Crippen LogP contribution in [0.1, 0.15) is 23.2 Å². The lowest BCUT2D eigenvalue weighted by atomic mass is 10.2. The molecule has 1 N–H and O–H groups in total. The summed E-state index contributed by atoms with van der Waals surface area (Å²) in [5.74, 6) is -1.01. The van der Waals surface area contributed by atoms with Crippen molar-refractivity contribution in [2.75, 3.05) is 34.0 Å².